The minimum atomic E-state index is -0.345. The maximum atomic E-state index is 12.5. The summed E-state index contributed by atoms with van der Waals surface area (Å²) in [5.74, 6) is 7.10. The van der Waals surface area contributed by atoms with E-state index in [0.29, 0.717) is 29.6 Å². The van der Waals surface area contributed by atoms with E-state index in [2.05, 4.69) is 61.8 Å². The third-order valence-corrected chi connectivity index (χ3v) is 8.05. The molecule has 5 rings (SSSR count). The average molecular weight is 530 g/mol. The summed E-state index contributed by atoms with van der Waals surface area (Å²) < 4.78 is 5.04. The number of aromatic nitrogens is 1. The van der Waals surface area contributed by atoms with Crippen LogP contribution < -0.4 is 5.32 Å². The van der Waals surface area contributed by atoms with Gasteiger partial charge < -0.3 is 10.1 Å². The van der Waals surface area contributed by atoms with Gasteiger partial charge in [0.15, 0.2) is 10.8 Å². The van der Waals surface area contributed by atoms with Crippen LogP contribution in [0.3, 0.4) is 0 Å². The summed E-state index contributed by atoms with van der Waals surface area (Å²) in [5.41, 5.74) is 2.67. The number of esters is 1. The van der Waals surface area contributed by atoms with Crippen molar-refractivity contribution in [3.63, 3.8) is 0 Å². The summed E-state index contributed by atoms with van der Waals surface area (Å²) in [7, 11) is 1.41. The molecule has 2 fully saturated rings. The van der Waals surface area contributed by atoms with Crippen molar-refractivity contribution in [2.75, 3.05) is 53.0 Å². The van der Waals surface area contributed by atoms with Crippen LogP contribution in [-0.4, -0.2) is 96.1 Å². The molecule has 3 aliphatic rings. The van der Waals surface area contributed by atoms with E-state index in [9.17, 15) is 4.79 Å². The van der Waals surface area contributed by atoms with E-state index in [1.54, 1.807) is 18.3 Å². The molecular weight excluding hydrogens is 498 g/mol. The Balaban J connectivity index is 1.24. The van der Waals surface area contributed by atoms with Crippen LogP contribution >= 0.6 is 11.3 Å². The number of nitrogens with one attached hydrogen (secondary N) is 1. The molecular formula is C28H31N7O2S. The van der Waals surface area contributed by atoms with Crippen LogP contribution in [0.1, 0.15) is 30.0 Å². The summed E-state index contributed by atoms with van der Waals surface area (Å²) >= 11 is 1.52. The number of carbonyl (C=O) groups excluding carboxylic acids is 1. The molecule has 2 saturated heterocycles. The smallest absolute Gasteiger partial charge is 0.337 e. The van der Waals surface area contributed by atoms with Crippen LogP contribution in [0, 0.1) is 23.2 Å². The number of thiazole rings is 1. The minimum absolute atomic E-state index is 0.285. The first-order valence-electron chi connectivity index (χ1n) is 12.6. The van der Waals surface area contributed by atoms with Crippen molar-refractivity contribution in [2.45, 2.75) is 25.4 Å². The molecule has 38 heavy (non-hydrogen) atoms. The molecule has 0 aliphatic carbocycles. The third-order valence-electron chi connectivity index (χ3n) is 7.27. The number of nitriles is 1. The fourth-order valence-electron chi connectivity index (χ4n) is 4.97. The third kappa shape index (κ3) is 5.64. The lowest BCUT2D eigenvalue weighted by molar-refractivity contribution is -0.136. The van der Waals surface area contributed by atoms with Crippen molar-refractivity contribution in [3.8, 4) is 17.9 Å². The number of piperazine rings is 1. The lowest BCUT2D eigenvalue weighted by Gasteiger charge is -2.37. The largest absolute Gasteiger partial charge is 0.466 e. The van der Waals surface area contributed by atoms with Crippen LogP contribution in [-0.2, 0) is 9.53 Å². The molecule has 0 saturated carbocycles. The van der Waals surface area contributed by atoms with Crippen LogP contribution in [0.4, 0.5) is 0 Å². The zero-order chi connectivity index (χ0) is 26.7. The number of amidine groups is 1. The summed E-state index contributed by atoms with van der Waals surface area (Å²) in [6.45, 7) is 9.81. The molecule has 0 unspecified atom stereocenters. The van der Waals surface area contributed by atoms with Crippen molar-refractivity contribution in [2.24, 2.45) is 4.99 Å². The van der Waals surface area contributed by atoms with Gasteiger partial charge in [0.25, 0.3) is 0 Å². The molecule has 10 heteroatoms. The highest BCUT2D eigenvalue weighted by molar-refractivity contribution is 7.11. The van der Waals surface area contributed by atoms with Crippen LogP contribution in [0.2, 0.25) is 0 Å². The first kappa shape index (κ1) is 26.1. The first-order chi connectivity index (χ1) is 18.4. The molecule has 1 atom stereocenters. The van der Waals surface area contributed by atoms with Crippen LogP contribution in [0.5, 0.6) is 0 Å². The molecule has 0 radical (unpaired) electrons. The van der Waals surface area contributed by atoms with Gasteiger partial charge in [-0.05, 0) is 38.1 Å². The Bertz CT molecular complexity index is 1350. The highest BCUT2D eigenvalue weighted by atomic mass is 32.1. The number of rotatable bonds is 5. The molecule has 1 aromatic heterocycles. The zero-order valence-corrected chi connectivity index (χ0v) is 22.7. The number of methoxy groups -OCH3 is 1. The molecule has 0 bridgehead atoms. The predicted molar refractivity (Wildman–Crippen MR) is 146 cm³/mol. The second-order valence-electron chi connectivity index (χ2n) is 10.1. The Hall–Kier alpha value is -3.54. The fraction of sp³-hybridized carbons (Fsp3) is 0.429. The number of ether oxygens (including phenoxy) is 1. The Kier molecular flexibility index (Phi) is 7.59. The second-order valence-corrected chi connectivity index (χ2v) is 11.0. The second kappa shape index (κ2) is 11.1. The Morgan fingerprint density at radius 2 is 2.03 bits per heavy atom. The van der Waals surface area contributed by atoms with Gasteiger partial charge in [-0.15, -0.1) is 11.3 Å². The molecule has 0 spiro atoms. The number of nitrogens with zero attached hydrogens (tertiary/aromatic N) is 6. The number of carbonyl (C=O) groups is 1. The van der Waals surface area contributed by atoms with Crippen molar-refractivity contribution in [1.82, 2.24) is 25.0 Å². The summed E-state index contributed by atoms with van der Waals surface area (Å²) in [6.07, 6.45) is 1.75. The van der Waals surface area contributed by atoms with Crippen LogP contribution in [0.15, 0.2) is 52.1 Å². The highest BCUT2D eigenvalue weighted by Crippen LogP contribution is 2.26. The van der Waals surface area contributed by atoms with E-state index in [1.807, 2.05) is 17.5 Å². The molecule has 1 N–H and O–H groups in total. The fourth-order valence-corrected chi connectivity index (χ4v) is 5.57. The lowest BCUT2D eigenvalue weighted by Crippen LogP contribution is -2.52. The lowest BCUT2D eigenvalue weighted by atomic mass is 10.0. The average Bonchev–Trinajstić information content (AvgIpc) is 3.62. The van der Waals surface area contributed by atoms with E-state index < -0.39 is 0 Å². The van der Waals surface area contributed by atoms with E-state index in [4.69, 9.17) is 10.00 Å². The van der Waals surface area contributed by atoms with Gasteiger partial charge in [0, 0.05) is 61.6 Å². The molecule has 3 aliphatic heterocycles. The molecule has 196 valence electrons. The van der Waals surface area contributed by atoms with Crippen LogP contribution in [0.25, 0.3) is 0 Å². The number of benzene rings is 1. The van der Waals surface area contributed by atoms with Gasteiger partial charge in [0.1, 0.15) is 0 Å². The van der Waals surface area contributed by atoms with E-state index in [0.717, 1.165) is 49.1 Å². The Labute approximate surface area is 227 Å². The number of hydrogen-bond acceptors (Lipinski definition) is 10. The van der Waals surface area contributed by atoms with E-state index >= 15 is 0 Å². The summed E-state index contributed by atoms with van der Waals surface area (Å²) in [5, 5.41) is 15.1. The number of aliphatic imine (C=N–C) groups is 1. The normalized spacial score (nSPS) is 20.6. The Morgan fingerprint density at radius 3 is 2.74 bits per heavy atom. The van der Waals surface area contributed by atoms with E-state index in [1.165, 1.54) is 18.4 Å². The van der Waals surface area contributed by atoms with Gasteiger partial charge in [-0.2, -0.15) is 5.26 Å². The Morgan fingerprint density at radius 1 is 1.24 bits per heavy atom. The predicted octanol–water partition coefficient (Wildman–Crippen LogP) is 1.88. The highest BCUT2D eigenvalue weighted by Gasteiger charge is 2.40. The molecule has 9 nitrogen and oxygen atoms in total. The van der Waals surface area contributed by atoms with E-state index in [-0.39, 0.29) is 18.1 Å². The molecule has 4 heterocycles. The van der Waals surface area contributed by atoms with Gasteiger partial charge in [0.2, 0.25) is 0 Å². The maximum absolute atomic E-state index is 12.5. The summed E-state index contributed by atoms with van der Waals surface area (Å²) in [4.78, 5) is 28.7. The van der Waals surface area contributed by atoms with Crippen molar-refractivity contribution in [3.05, 3.63) is 63.2 Å². The maximum Gasteiger partial charge on any atom is 0.337 e. The molecule has 1 aromatic carbocycles. The van der Waals surface area contributed by atoms with Gasteiger partial charge in [-0.1, -0.05) is 11.8 Å². The quantitative estimate of drug-likeness (QED) is 0.463. The monoisotopic (exact) mass is 529 g/mol. The zero-order valence-electron chi connectivity index (χ0n) is 21.9. The topological polar surface area (TPSA) is 97.1 Å². The van der Waals surface area contributed by atoms with Gasteiger partial charge in [-0.3, -0.25) is 19.7 Å². The van der Waals surface area contributed by atoms with Crippen molar-refractivity contribution >= 4 is 23.1 Å². The van der Waals surface area contributed by atoms with Crippen molar-refractivity contribution < 1.29 is 9.53 Å². The van der Waals surface area contributed by atoms with Gasteiger partial charge in [0.05, 0.1) is 43.1 Å². The molecule has 0 amide bonds. The minimum Gasteiger partial charge on any atom is -0.466 e. The standard InChI is InChI=1S/C28H31N7O2S/c1-28(2,9-8-20-4-6-21(14-29)7-5-20)35-17-22-16-33(11-12-34(22)19-35)18-24-23(27(36)37-3)15-31-25(32-24)26-30-10-13-38-26/h4-7,10,13,22H,11-12,15-19H2,1-3H3,(H,31,32)/t22-/m0/s1. The number of fused-ring (bicyclic) bond motifs is 1. The number of hydrogen-bond donors (Lipinski definition) is 1. The van der Waals surface area contributed by atoms with Gasteiger partial charge >= 0.3 is 5.97 Å². The molecule has 2 aromatic rings. The van der Waals surface area contributed by atoms with Gasteiger partial charge in [-0.25, -0.2) is 9.78 Å². The van der Waals surface area contributed by atoms with Crippen molar-refractivity contribution in [1.29, 1.82) is 5.26 Å². The SMILES string of the molecule is COC(=O)C1=C(CN2CCN3CN(C(C)(C)C#Cc4ccc(C#N)cc4)C[C@@H]3C2)NC(c2nccs2)=NC1. The summed E-state index contributed by atoms with van der Waals surface area (Å²) in [6, 6.07) is 9.93. The first-order valence-corrected chi connectivity index (χ1v) is 13.5.